The lowest BCUT2D eigenvalue weighted by Crippen LogP contribution is -2.47. The third-order valence-corrected chi connectivity index (χ3v) is 3.91. The van der Waals surface area contributed by atoms with Crippen molar-refractivity contribution in [2.75, 3.05) is 0 Å². The summed E-state index contributed by atoms with van der Waals surface area (Å²) in [6.07, 6.45) is 0. The van der Waals surface area contributed by atoms with Crippen LogP contribution in [-0.4, -0.2) is 22.9 Å². The van der Waals surface area contributed by atoms with Crippen LogP contribution in [0.25, 0.3) is 0 Å². The topological polar surface area (TPSA) is 88.4 Å². The monoisotopic (exact) mass is 406 g/mol. The molecule has 0 fully saturated rings. The van der Waals surface area contributed by atoms with Gasteiger partial charge in [-0.1, -0.05) is 41.5 Å². The van der Waals surface area contributed by atoms with E-state index in [1.54, 1.807) is 0 Å². The predicted molar refractivity (Wildman–Crippen MR) is 117 cm³/mol. The molecule has 1 heterocycles. The summed E-state index contributed by atoms with van der Waals surface area (Å²) in [5, 5.41) is 5.66. The van der Waals surface area contributed by atoms with Gasteiger partial charge in [0.15, 0.2) is 0 Å². The summed E-state index contributed by atoms with van der Waals surface area (Å²) in [7, 11) is 0. The van der Waals surface area contributed by atoms with E-state index >= 15 is 0 Å². The van der Waals surface area contributed by atoms with E-state index in [-0.39, 0.29) is 22.6 Å². The molecule has 29 heavy (non-hydrogen) atoms. The van der Waals surface area contributed by atoms with E-state index in [0.29, 0.717) is 0 Å². The van der Waals surface area contributed by atoms with Crippen LogP contribution < -0.4 is 16.1 Å². The van der Waals surface area contributed by atoms with E-state index in [9.17, 15) is 14.4 Å². The number of hydrogen-bond donors (Lipinski definition) is 2. The zero-order chi connectivity index (χ0) is 23.2. The van der Waals surface area contributed by atoms with E-state index in [1.165, 1.54) is 0 Å². The van der Waals surface area contributed by atoms with Gasteiger partial charge in [0.05, 0.1) is 0 Å². The summed E-state index contributed by atoms with van der Waals surface area (Å²) in [4.78, 5) is 39.7. The average molecular weight is 407 g/mol. The molecule has 164 valence electrons. The molecule has 0 bridgehead atoms. The highest BCUT2D eigenvalue weighted by Gasteiger charge is 2.37. The molecule has 0 atom stereocenters. The molecule has 0 aliphatic heterocycles. The van der Waals surface area contributed by atoms with Crippen LogP contribution in [-0.2, 0) is 10.8 Å². The SMILES string of the molecule is CC(C)(C)NC(=O)c1c(C(C)(C)C)oc(C(C)(C)C)c(C(=O)NC(C)(C)C)c1=O. The minimum Gasteiger partial charge on any atom is -0.463 e. The lowest BCUT2D eigenvalue weighted by molar-refractivity contribution is 0.0905. The van der Waals surface area contributed by atoms with Crippen molar-refractivity contribution >= 4 is 11.8 Å². The highest BCUT2D eigenvalue weighted by Crippen LogP contribution is 2.32. The van der Waals surface area contributed by atoms with Gasteiger partial charge in [-0.05, 0) is 41.5 Å². The molecule has 1 aromatic rings. The Morgan fingerprint density at radius 3 is 1.10 bits per heavy atom. The Labute approximate surface area is 174 Å². The number of amides is 2. The maximum atomic E-state index is 13.6. The zero-order valence-corrected chi connectivity index (χ0v) is 20.1. The van der Waals surface area contributed by atoms with E-state index in [4.69, 9.17) is 4.42 Å². The summed E-state index contributed by atoms with van der Waals surface area (Å²) < 4.78 is 6.20. The van der Waals surface area contributed by atoms with Crippen LogP contribution in [0.2, 0.25) is 0 Å². The molecule has 6 nitrogen and oxygen atoms in total. The summed E-state index contributed by atoms with van der Waals surface area (Å²) >= 11 is 0. The number of carbonyl (C=O) groups excluding carboxylic acids is 2. The highest BCUT2D eigenvalue weighted by atomic mass is 16.3. The van der Waals surface area contributed by atoms with Gasteiger partial charge in [-0.15, -0.1) is 0 Å². The Morgan fingerprint density at radius 2 is 0.897 bits per heavy atom. The Hall–Kier alpha value is -2.11. The van der Waals surface area contributed by atoms with Gasteiger partial charge in [-0.3, -0.25) is 14.4 Å². The lowest BCUT2D eigenvalue weighted by atomic mass is 9.84. The molecule has 0 radical (unpaired) electrons. The minimum atomic E-state index is -0.608. The maximum Gasteiger partial charge on any atom is 0.259 e. The van der Waals surface area contributed by atoms with Crippen molar-refractivity contribution in [1.82, 2.24) is 10.6 Å². The second-order valence-electron chi connectivity index (χ2n) is 11.7. The molecule has 1 aromatic heterocycles. The van der Waals surface area contributed by atoms with Crippen molar-refractivity contribution in [3.63, 3.8) is 0 Å². The highest BCUT2D eigenvalue weighted by molar-refractivity contribution is 6.01. The van der Waals surface area contributed by atoms with Crippen LogP contribution in [0, 0.1) is 0 Å². The lowest BCUT2D eigenvalue weighted by Gasteiger charge is -2.29. The summed E-state index contributed by atoms with van der Waals surface area (Å²) in [5.41, 5.74) is -3.14. The van der Waals surface area contributed by atoms with Crippen molar-refractivity contribution in [2.45, 2.75) is 105 Å². The number of hydrogen-bond acceptors (Lipinski definition) is 4. The van der Waals surface area contributed by atoms with E-state index in [1.807, 2.05) is 83.1 Å². The van der Waals surface area contributed by atoms with Gasteiger partial charge in [0.1, 0.15) is 22.6 Å². The normalized spacial score (nSPS) is 13.2. The van der Waals surface area contributed by atoms with Crippen molar-refractivity contribution < 1.29 is 14.0 Å². The third kappa shape index (κ3) is 6.44. The predicted octanol–water partition coefficient (Wildman–Crippen LogP) is 4.29. The molecular formula is C23H38N2O4. The first-order valence-electron chi connectivity index (χ1n) is 10.0. The fraction of sp³-hybridized carbons (Fsp3) is 0.696. The maximum absolute atomic E-state index is 13.6. The molecule has 0 aliphatic rings. The molecule has 2 amide bonds. The molecule has 0 saturated heterocycles. The van der Waals surface area contributed by atoms with Gasteiger partial charge in [-0.2, -0.15) is 0 Å². The average Bonchev–Trinajstić information content (AvgIpc) is 2.39. The van der Waals surface area contributed by atoms with Crippen LogP contribution in [0.5, 0.6) is 0 Å². The van der Waals surface area contributed by atoms with Gasteiger partial charge in [0.25, 0.3) is 11.8 Å². The van der Waals surface area contributed by atoms with Crippen LogP contribution in [0.4, 0.5) is 0 Å². The molecule has 0 unspecified atom stereocenters. The molecule has 6 heteroatoms. The van der Waals surface area contributed by atoms with E-state index in [0.717, 1.165) is 0 Å². The molecular weight excluding hydrogens is 368 g/mol. The molecule has 2 N–H and O–H groups in total. The van der Waals surface area contributed by atoms with E-state index in [2.05, 4.69) is 10.6 Å². The Kier molecular flexibility index (Phi) is 6.55. The van der Waals surface area contributed by atoms with Gasteiger partial charge < -0.3 is 15.1 Å². The smallest absolute Gasteiger partial charge is 0.259 e. The minimum absolute atomic E-state index is 0.112. The second-order valence-corrected chi connectivity index (χ2v) is 11.7. The van der Waals surface area contributed by atoms with Gasteiger partial charge in [0.2, 0.25) is 5.43 Å². The fourth-order valence-electron chi connectivity index (χ4n) is 2.81. The summed E-state index contributed by atoms with van der Waals surface area (Å²) in [6, 6.07) is 0. The second kappa shape index (κ2) is 7.62. The van der Waals surface area contributed by atoms with Gasteiger partial charge >= 0.3 is 0 Å². The molecule has 0 aromatic carbocycles. The largest absolute Gasteiger partial charge is 0.463 e. The van der Waals surface area contributed by atoms with Crippen molar-refractivity contribution in [2.24, 2.45) is 0 Å². The number of nitrogens with one attached hydrogen (secondary N) is 2. The van der Waals surface area contributed by atoms with Crippen LogP contribution in [0.1, 0.15) is 115 Å². The van der Waals surface area contributed by atoms with Crippen LogP contribution in [0.3, 0.4) is 0 Å². The van der Waals surface area contributed by atoms with Crippen molar-refractivity contribution in [3.05, 3.63) is 32.9 Å². The molecule has 1 rings (SSSR count). The fourth-order valence-corrected chi connectivity index (χ4v) is 2.81. The molecule has 0 saturated carbocycles. The third-order valence-electron chi connectivity index (χ3n) is 3.91. The first kappa shape index (κ1) is 24.9. The van der Waals surface area contributed by atoms with Gasteiger partial charge in [-0.25, -0.2) is 0 Å². The summed E-state index contributed by atoms with van der Waals surface area (Å²) in [6.45, 7) is 22.3. The van der Waals surface area contributed by atoms with Crippen LogP contribution >= 0.6 is 0 Å². The van der Waals surface area contributed by atoms with E-state index < -0.39 is 39.2 Å². The Balaban J connectivity index is 3.98. The number of rotatable bonds is 2. The quantitative estimate of drug-likeness (QED) is 0.767. The first-order valence-corrected chi connectivity index (χ1v) is 10.0. The molecule has 0 aliphatic carbocycles. The van der Waals surface area contributed by atoms with Crippen LogP contribution in [0.15, 0.2) is 9.21 Å². The number of carbonyl (C=O) groups is 2. The van der Waals surface area contributed by atoms with Crippen molar-refractivity contribution in [1.29, 1.82) is 0 Å². The van der Waals surface area contributed by atoms with Crippen molar-refractivity contribution in [3.8, 4) is 0 Å². The van der Waals surface area contributed by atoms with Gasteiger partial charge in [0, 0.05) is 21.9 Å². The Morgan fingerprint density at radius 1 is 0.621 bits per heavy atom. The first-order chi connectivity index (χ1) is 12.6. The summed E-state index contributed by atoms with van der Waals surface area (Å²) in [5.74, 6) is -0.522. The Bertz CT molecular complexity index is 784. The zero-order valence-electron chi connectivity index (χ0n) is 20.1. The standard InChI is InChI=1S/C23H38N2O4/c1-20(2,3)16-13(18(27)24-22(7,8)9)15(26)14(17(29-16)21(4,5)6)19(28)25-23(10,11)12/h1-12H3,(H,24,27)(H,25,28). The molecule has 0 spiro atoms.